The van der Waals surface area contributed by atoms with Crippen LogP contribution in [0.15, 0.2) is 36.7 Å². The third kappa shape index (κ3) is 3.52. The maximum atomic E-state index is 14.6. The lowest BCUT2D eigenvalue weighted by molar-refractivity contribution is 0.219. The van der Waals surface area contributed by atoms with Crippen LogP contribution in [0.4, 0.5) is 10.2 Å². The molecule has 2 saturated heterocycles. The summed E-state index contributed by atoms with van der Waals surface area (Å²) >= 11 is 0. The number of H-pyrrole nitrogens is 1. The summed E-state index contributed by atoms with van der Waals surface area (Å²) in [5.74, 6) is 0.293. The molecule has 0 unspecified atom stereocenters. The van der Waals surface area contributed by atoms with Crippen molar-refractivity contribution in [1.82, 2.24) is 25.7 Å². The van der Waals surface area contributed by atoms with E-state index in [1.165, 1.54) is 37.6 Å². The van der Waals surface area contributed by atoms with Crippen LogP contribution in [0.3, 0.4) is 0 Å². The summed E-state index contributed by atoms with van der Waals surface area (Å²) in [5.41, 5.74) is 1.61. The highest BCUT2D eigenvalue weighted by Crippen LogP contribution is 2.35. The van der Waals surface area contributed by atoms with Gasteiger partial charge in [0.2, 0.25) is 0 Å². The minimum atomic E-state index is -0.451. The molecular formula is C22H25FN6O. The molecule has 3 atom stereocenters. The number of benzene rings is 1. The molecule has 5 rings (SSSR count). The molecule has 0 amide bonds. The molecule has 0 spiro atoms. The van der Waals surface area contributed by atoms with E-state index in [1.54, 1.807) is 12.3 Å². The van der Waals surface area contributed by atoms with Crippen molar-refractivity contribution in [1.29, 1.82) is 0 Å². The molecule has 2 fully saturated rings. The van der Waals surface area contributed by atoms with E-state index >= 15 is 0 Å². The van der Waals surface area contributed by atoms with E-state index in [2.05, 4.69) is 37.7 Å². The molecule has 2 aliphatic heterocycles. The van der Waals surface area contributed by atoms with Crippen molar-refractivity contribution in [2.24, 2.45) is 0 Å². The Hall–Kier alpha value is -3.00. The first-order valence-electron chi connectivity index (χ1n) is 10.4. The van der Waals surface area contributed by atoms with Gasteiger partial charge in [0.1, 0.15) is 11.6 Å². The second kappa shape index (κ2) is 7.68. The van der Waals surface area contributed by atoms with Crippen molar-refractivity contribution in [3.63, 3.8) is 0 Å². The second-order valence-electron chi connectivity index (χ2n) is 8.34. The zero-order chi connectivity index (χ0) is 20.7. The number of rotatable bonds is 4. The molecule has 2 aliphatic rings. The van der Waals surface area contributed by atoms with Crippen LogP contribution in [-0.2, 0) is 0 Å². The molecule has 4 heterocycles. The highest BCUT2D eigenvalue weighted by atomic mass is 19.1. The van der Waals surface area contributed by atoms with Gasteiger partial charge < -0.3 is 15.3 Å². The van der Waals surface area contributed by atoms with Crippen LogP contribution in [0.2, 0.25) is 0 Å². The Labute approximate surface area is 174 Å². The van der Waals surface area contributed by atoms with Crippen molar-refractivity contribution >= 4 is 5.82 Å². The van der Waals surface area contributed by atoms with Gasteiger partial charge in [-0.2, -0.15) is 5.10 Å². The van der Waals surface area contributed by atoms with Crippen molar-refractivity contribution in [3.8, 4) is 28.1 Å². The Balaban J connectivity index is 1.37. The summed E-state index contributed by atoms with van der Waals surface area (Å²) in [6, 6.07) is 7.97. The highest BCUT2D eigenvalue weighted by Gasteiger charge is 2.33. The summed E-state index contributed by atoms with van der Waals surface area (Å²) in [5, 5.41) is 29.3. The van der Waals surface area contributed by atoms with Gasteiger partial charge in [-0.25, -0.2) is 4.39 Å². The van der Waals surface area contributed by atoms with Crippen molar-refractivity contribution < 1.29 is 9.50 Å². The summed E-state index contributed by atoms with van der Waals surface area (Å²) in [6.07, 6.45) is 9.10. The molecule has 3 aromatic rings. The van der Waals surface area contributed by atoms with Gasteiger partial charge >= 0.3 is 0 Å². The van der Waals surface area contributed by atoms with Gasteiger partial charge in [0.05, 0.1) is 11.9 Å². The van der Waals surface area contributed by atoms with Crippen LogP contribution in [0.5, 0.6) is 5.75 Å². The molecule has 0 saturated carbocycles. The van der Waals surface area contributed by atoms with Crippen molar-refractivity contribution in [3.05, 3.63) is 42.5 Å². The monoisotopic (exact) mass is 408 g/mol. The Kier molecular flexibility index (Phi) is 4.86. The first-order chi connectivity index (χ1) is 14.6. The number of phenols is 1. The number of hydrogen-bond donors (Lipinski definition) is 3. The number of piperidine rings is 2. The molecule has 2 bridgehead atoms. The fraction of sp³-hybridized carbons (Fsp3) is 0.409. The predicted molar refractivity (Wildman–Crippen MR) is 113 cm³/mol. The largest absolute Gasteiger partial charge is 0.507 e. The SMILES string of the molecule is CN(c1ccc(-c2cc(F)c(-c3cn[nH]c3)cc2O)nn1)[C@@H]1C[C@H]2CCC[C@@H](C1)N2. The Morgan fingerprint density at radius 1 is 1.10 bits per heavy atom. The van der Waals surface area contributed by atoms with Crippen LogP contribution in [0.25, 0.3) is 22.4 Å². The van der Waals surface area contributed by atoms with E-state index in [0.29, 0.717) is 34.9 Å². The fourth-order valence-electron chi connectivity index (χ4n) is 4.78. The van der Waals surface area contributed by atoms with E-state index in [9.17, 15) is 9.50 Å². The van der Waals surface area contributed by atoms with Crippen molar-refractivity contribution in [2.75, 3.05) is 11.9 Å². The van der Waals surface area contributed by atoms with Crippen molar-refractivity contribution in [2.45, 2.75) is 50.2 Å². The molecule has 30 heavy (non-hydrogen) atoms. The number of halogens is 1. The summed E-state index contributed by atoms with van der Waals surface area (Å²) in [7, 11) is 2.06. The summed E-state index contributed by atoms with van der Waals surface area (Å²) in [6.45, 7) is 0. The van der Waals surface area contributed by atoms with Crippen LogP contribution in [0.1, 0.15) is 32.1 Å². The molecule has 0 radical (unpaired) electrons. The number of fused-ring (bicyclic) bond motifs is 2. The van der Waals surface area contributed by atoms with Crippen LogP contribution in [0, 0.1) is 5.82 Å². The van der Waals surface area contributed by atoms with E-state index in [1.807, 2.05) is 6.07 Å². The standard InChI is InChI=1S/C22H25FN6O/c1-29(16-7-14-3-2-4-15(8-16)26-14)22-6-5-20(27-28-22)18-9-19(23)17(10-21(18)30)13-11-24-25-12-13/h5-6,9-12,14-16,26,30H,2-4,7-8H2,1H3,(H,24,25)/t14-,15+,16-. The van der Waals surface area contributed by atoms with Gasteiger partial charge in [0, 0.05) is 48.1 Å². The van der Waals surface area contributed by atoms with E-state index in [0.717, 1.165) is 18.7 Å². The van der Waals surface area contributed by atoms with Gasteiger partial charge in [-0.1, -0.05) is 6.42 Å². The number of aromatic nitrogens is 4. The van der Waals surface area contributed by atoms with E-state index in [-0.39, 0.29) is 11.3 Å². The highest BCUT2D eigenvalue weighted by molar-refractivity contribution is 5.74. The first kappa shape index (κ1) is 19.0. The topological polar surface area (TPSA) is 90.0 Å². The molecule has 1 aromatic carbocycles. The third-order valence-corrected chi connectivity index (χ3v) is 6.42. The molecule has 0 aliphatic carbocycles. The quantitative estimate of drug-likeness (QED) is 0.612. The minimum absolute atomic E-state index is 0.0471. The Morgan fingerprint density at radius 2 is 1.90 bits per heavy atom. The lowest BCUT2D eigenvalue weighted by Gasteiger charge is -2.43. The second-order valence-corrected chi connectivity index (χ2v) is 8.34. The molecule has 156 valence electrons. The number of aromatic amines is 1. The van der Waals surface area contributed by atoms with Gasteiger partial charge in [0.15, 0.2) is 5.82 Å². The fourth-order valence-corrected chi connectivity index (χ4v) is 4.78. The Morgan fingerprint density at radius 3 is 2.57 bits per heavy atom. The van der Waals surface area contributed by atoms with Gasteiger partial charge in [-0.15, -0.1) is 10.2 Å². The molecule has 2 aromatic heterocycles. The normalized spacial score (nSPS) is 23.3. The van der Waals surface area contributed by atoms with Gasteiger partial charge in [-0.05, 0) is 49.9 Å². The maximum absolute atomic E-state index is 14.6. The zero-order valence-corrected chi connectivity index (χ0v) is 16.8. The third-order valence-electron chi connectivity index (χ3n) is 6.42. The predicted octanol–water partition coefficient (Wildman–Crippen LogP) is 3.49. The average Bonchev–Trinajstić information content (AvgIpc) is 3.29. The lowest BCUT2D eigenvalue weighted by atomic mass is 9.83. The lowest BCUT2D eigenvalue weighted by Crippen LogP contribution is -2.54. The molecule has 7 nitrogen and oxygen atoms in total. The summed E-state index contributed by atoms with van der Waals surface area (Å²) < 4.78 is 14.6. The van der Waals surface area contributed by atoms with Crippen LogP contribution in [-0.4, -0.2) is 50.7 Å². The molecule has 3 N–H and O–H groups in total. The molecular weight excluding hydrogens is 383 g/mol. The van der Waals surface area contributed by atoms with Crippen LogP contribution < -0.4 is 10.2 Å². The summed E-state index contributed by atoms with van der Waals surface area (Å²) in [4.78, 5) is 2.20. The number of anilines is 1. The number of aromatic hydroxyl groups is 1. The zero-order valence-electron chi connectivity index (χ0n) is 16.8. The maximum Gasteiger partial charge on any atom is 0.151 e. The van der Waals surface area contributed by atoms with Crippen LogP contribution >= 0.6 is 0 Å². The average molecular weight is 408 g/mol. The van der Waals surface area contributed by atoms with Gasteiger partial charge in [0.25, 0.3) is 0 Å². The Bertz CT molecular complexity index is 1010. The number of hydrogen-bond acceptors (Lipinski definition) is 6. The molecule has 8 heteroatoms. The minimum Gasteiger partial charge on any atom is -0.507 e. The van der Waals surface area contributed by atoms with E-state index < -0.39 is 5.82 Å². The number of phenolic OH excluding ortho intramolecular Hbond substituents is 1. The van der Waals surface area contributed by atoms with E-state index in [4.69, 9.17) is 0 Å². The number of nitrogens with zero attached hydrogens (tertiary/aromatic N) is 4. The smallest absolute Gasteiger partial charge is 0.151 e. The van der Waals surface area contributed by atoms with Gasteiger partial charge in [-0.3, -0.25) is 5.10 Å². The first-order valence-corrected chi connectivity index (χ1v) is 10.4. The number of nitrogens with one attached hydrogen (secondary N) is 2.